The van der Waals surface area contributed by atoms with Crippen LogP contribution in [0, 0.1) is 0 Å². The Labute approximate surface area is 217 Å². The molecule has 172 valence electrons. The maximum atomic E-state index is 4.76. The number of rotatable bonds is 4. The summed E-state index contributed by atoms with van der Waals surface area (Å²) in [6, 6.07) is 32.0. The van der Waals surface area contributed by atoms with Gasteiger partial charge in [0.2, 0.25) is 0 Å². The SMILES string of the molecule is C1=C(c2cnc3nc4ccc(-c5ccc(-c6ccccc6)s5)cn4c3c2)CSC(c2ccccc2)=C1. The molecule has 0 amide bonds. The third-order valence-corrected chi connectivity index (χ3v) is 8.77. The lowest BCUT2D eigenvalue weighted by atomic mass is 10.1. The largest absolute Gasteiger partial charge is 0.297 e. The molecule has 0 aliphatic carbocycles. The molecular formula is C31H21N3S2. The molecule has 0 saturated heterocycles. The molecule has 0 fully saturated rings. The predicted octanol–water partition coefficient (Wildman–Crippen LogP) is 8.45. The topological polar surface area (TPSA) is 30.2 Å². The maximum Gasteiger partial charge on any atom is 0.178 e. The number of hydrogen-bond donors (Lipinski definition) is 0. The van der Waals surface area contributed by atoms with E-state index < -0.39 is 0 Å². The van der Waals surface area contributed by atoms with Gasteiger partial charge in [0.05, 0.1) is 5.52 Å². The molecular weight excluding hydrogens is 478 g/mol. The average Bonchev–Trinajstić information content (AvgIpc) is 3.59. The zero-order valence-electron chi connectivity index (χ0n) is 19.3. The molecule has 0 atom stereocenters. The second kappa shape index (κ2) is 8.94. The number of allylic oxidation sites excluding steroid dienone is 2. The van der Waals surface area contributed by atoms with Gasteiger partial charge in [0.25, 0.3) is 0 Å². The second-order valence-electron chi connectivity index (χ2n) is 8.73. The lowest BCUT2D eigenvalue weighted by molar-refractivity contribution is 1.23. The molecule has 1 aliphatic rings. The van der Waals surface area contributed by atoms with Gasteiger partial charge in [-0.2, -0.15) is 0 Å². The summed E-state index contributed by atoms with van der Waals surface area (Å²) in [6.45, 7) is 0. The Hall–Kier alpha value is -3.93. The summed E-state index contributed by atoms with van der Waals surface area (Å²) in [6.07, 6.45) is 8.59. The van der Waals surface area contributed by atoms with Crippen LogP contribution in [0.2, 0.25) is 0 Å². The molecule has 5 heterocycles. The predicted molar refractivity (Wildman–Crippen MR) is 154 cm³/mol. The third kappa shape index (κ3) is 3.87. The van der Waals surface area contributed by atoms with Gasteiger partial charge in [-0.3, -0.25) is 4.40 Å². The van der Waals surface area contributed by atoms with Crippen LogP contribution in [0.5, 0.6) is 0 Å². The molecule has 0 bridgehead atoms. The zero-order valence-corrected chi connectivity index (χ0v) is 21.0. The first-order chi connectivity index (χ1) is 17.8. The number of thioether (sulfide) groups is 1. The highest BCUT2D eigenvalue weighted by Crippen LogP contribution is 2.37. The summed E-state index contributed by atoms with van der Waals surface area (Å²) in [5, 5.41) is 0. The first-order valence-corrected chi connectivity index (χ1v) is 13.6. The molecule has 0 N–H and O–H groups in total. The van der Waals surface area contributed by atoms with Crippen LogP contribution in [0.3, 0.4) is 0 Å². The minimum atomic E-state index is 0.775. The van der Waals surface area contributed by atoms with Gasteiger partial charge in [0, 0.05) is 38.4 Å². The maximum absolute atomic E-state index is 4.76. The molecule has 5 heteroatoms. The minimum absolute atomic E-state index is 0.775. The van der Waals surface area contributed by atoms with Gasteiger partial charge in [-0.05, 0) is 58.7 Å². The van der Waals surface area contributed by atoms with Crippen LogP contribution in [-0.2, 0) is 0 Å². The zero-order chi connectivity index (χ0) is 23.9. The smallest absolute Gasteiger partial charge is 0.178 e. The number of fused-ring (bicyclic) bond motifs is 3. The summed E-state index contributed by atoms with van der Waals surface area (Å²) >= 11 is 3.69. The molecule has 0 radical (unpaired) electrons. The molecule has 4 aromatic heterocycles. The van der Waals surface area contributed by atoms with E-state index in [9.17, 15) is 0 Å². The minimum Gasteiger partial charge on any atom is -0.297 e. The number of nitrogens with zero attached hydrogens (tertiary/aromatic N) is 3. The van der Waals surface area contributed by atoms with Gasteiger partial charge in [0.1, 0.15) is 5.65 Å². The molecule has 0 saturated carbocycles. The second-order valence-corrected chi connectivity index (χ2v) is 10.8. The molecule has 1 aliphatic heterocycles. The number of imidazole rings is 1. The summed E-state index contributed by atoms with van der Waals surface area (Å²) in [5.41, 5.74) is 8.85. The van der Waals surface area contributed by atoms with E-state index in [4.69, 9.17) is 9.97 Å². The standard InChI is InChI=1S/C31H21N3S2/c1-3-7-21(8-4-1)27-13-11-24(20-35-27)25-17-26-31(32-18-25)33-30-16-12-23(19-34(26)30)29-15-14-28(36-29)22-9-5-2-6-10-22/h1-19H,20H2. The van der Waals surface area contributed by atoms with Gasteiger partial charge in [-0.25, -0.2) is 9.97 Å². The van der Waals surface area contributed by atoms with Crippen LogP contribution >= 0.6 is 23.1 Å². The molecule has 36 heavy (non-hydrogen) atoms. The molecule has 7 rings (SSSR count). The average molecular weight is 500 g/mol. The summed E-state index contributed by atoms with van der Waals surface area (Å²) < 4.78 is 2.17. The molecule has 2 aromatic carbocycles. The van der Waals surface area contributed by atoms with Gasteiger partial charge >= 0.3 is 0 Å². The van der Waals surface area contributed by atoms with Crippen LogP contribution < -0.4 is 0 Å². The van der Waals surface area contributed by atoms with Crippen LogP contribution in [0.15, 0.2) is 116 Å². The van der Waals surface area contributed by atoms with E-state index in [0.717, 1.165) is 28.1 Å². The molecule has 3 nitrogen and oxygen atoms in total. The number of aromatic nitrogens is 3. The lowest BCUT2D eigenvalue weighted by Crippen LogP contribution is -1.95. The number of hydrogen-bond acceptors (Lipinski definition) is 4. The van der Waals surface area contributed by atoms with Crippen molar-refractivity contribution in [2.24, 2.45) is 0 Å². The fraction of sp³-hybridized carbons (Fsp3) is 0.0323. The Morgan fingerprint density at radius 2 is 1.44 bits per heavy atom. The van der Waals surface area contributed by atoms with Gasteiger partial charge in [0.15, 0.2) is 5.65 Å². The van der Waals surface area contributed by atoms with Gasteiger partial charge in [-0.1, -0.05) is 66.7 Å². The third-order valence-electron chi connectivity index (χ3n) is 6.45. The van der Waals surface area contributed by atoms with Crippen molar-refractivity contribution in [2.75, 3.05) is 5.75 Å². The van der Waals surface area contributed by atoms with E-state index in [2.05, 4.69) is 114 Å². The highest BCUT2D eigenvalue weighted by Gasteiger charge is 2.14. The van der Waals surface area contributed by atoms with Crippen LogP contribution in [-0.4, -0.2) is 20.1 Å². The van der Waals surface area contributed by atoms with Crippen molar-refractivity contribution >= 4 is 50.4 Å². The van der Waals surface area contributed by atoms with E-state index in [1.807, 2.05) is 29.3 Å². The van der Waals surface area contributed by atoms with E-state index in [-0.39, 0.29) is 0 Å². The normalized spacial score (nSPS) is 13.7. The van der Waals surface area contributed by atoms with E-state index in [0.29, 0.717) is 0 Å². The number of pyridine rings is 2. The van der Waals surface area contributed by atoms with Crippen molar-refractivity contribution in [3.8, 4) is 20.9 Å². The number of benzene rings is 2. The van der Waals surface area contributed by atoms with E-state index in [1.54, 1.807) is 0 Å². The Morgan fingerprint density at radius 3 is 2.19 bits per heavy atom. The van der Waals surface area contributed by atoms with E-state index in [1.165, 1.54) is 36.9 Å². The number of thiophene rings is 1. The lowest BCUT2D eigenvalue weighted by Gasteiger charge is -2.14. The van der Waals surface area contributed by atoms with Crippen LogP contribution in [0.1, 0.15) is 11.1 Å². The van der Waals surface area contributed by atoms with Gasteiger partial charge < -0.3 is 0 Å². The Bertz CT molecular complexity index is 1780. The summed E-state index contributed by atoms with van der Waals surface area (Å²) in [4.78, 5) is 13.3. The highest BCUT2D eigenvalue weighted by atomic mass is 32.2. The first kappa shape index (κ1) is 21.4. The van der Waals surface area contributed by atoms with Gasteiger partial charge in [-0.15, -0.1) is 23.1 Å². The van der Waals surface area contributed by atoms with Crippen LogP contribution in [0.4, 0.5) is 0 Å². The van der Waals surface area contributed by atoms with Crippen molar-refractivity contribution in [1.82, 2.24) is 14.4 Å². The summed E-state index contributed by atoms with van der Waals surface area (Å²) in [7, 11) is 0. The van der Waals surface area contributed by atoms with Crippen molar-refractivity contribution in [2.45, 2.75) is 0 Å². The Morgan fingerprint density at radius 1 is 0.694 bits per heavy atom. The Kier molecular flexibility index (Phi) is 5.30. The highest BCUT2D eigenvalue weighted by molar-refractivity contribution is 8.08. The molecule has 0 unspecified atom stereocenters. The van der Waals surface area contributed by atoms with Crippen LogP contribution in [0.25, 0.3) is 48.2 Å². The van der Waals surface area contributed by atoms with Crippen molar-refractivity contribution < 1.29 is 0 Å². The fourth-order valence-corrected chi connectivity index (χ4v) is 6.60. The molecule has 6 aromatic rings. The summed E-state index contributed by atoms with van der Waals surface area (Å²) in [5.74, 6) is 0.924. The molecule has 0 spiro atoms. The fourth-order valence-electron chi connectivity index (χ4n) is 4.56. The van der Waals surface area contributed by atoms with Crippen molar-refractivity contribution in [1.29, 1.82) is 0 Å². The van der Waals surface area contributed by atoms with Crippen molar-refractivity contribution in [3.63, 3.8) is 0 Å². The van der Waals surface area contributed by atoms with Crippen molar-refractivity contribution in [3.05, 3.63) is 127 Å². The quantitative estimate of drug-likeness (QED) is 0.244. The van der Waals surface area contributed by atoms with E-state index >= 15 is 0 Å². The monoisotopic (exact) mass is 499 g/mol. The first-order valence-electron chi connectivity index (χ1n) is 11.8. The Balaban J connectivity index is 1.25.